The highest BCUT2D eigenvalue weighted by Crippen LogP contribution is 2.24. The molecule has 2 rings (SSSR count). The molecule has 140 valence electrons. The standard InChI is InChI=1S/C21H25FO4/c1-14(2)13-24-21(15(3)4)26-19-12-16(10-11-18(19)22)20(23)25-17-8-6-5-7-9-17/h5-12,14-15,21H,13H2,1-4H3. The Morgan fingerprint density at radius 2 is 1.73 bits per heavy atom. The molecule has 0 fully saturated rings. The Balaban J connectivity index is 2.13. The molecule has 0 aliphatic heterocycles. The second-order valence-corrected chi connectivity index (χ2v) is 6.81. The van der Waals surface area contributed by atoms with Gasteiger partial charge in [0.05, 0.1) is 12.2 Å². The largest absolute Gasteiger partial charge is 0.462 e. The molecular formula is C21H25FO4. The maximum absolute atomic E-state index is 14.1. The highest BCUT2D eigenvalue weighted by atomic mass is 19.1. The minimum atomic E-state index is -0.604. The number of para-hydroxylation sites is 1. The van der Waals surface area contributed by atoms with E-state index >= 15 is 0 Å². The average Bonchev–Trinajstić information content (AvgIpc) is 2.60. The third-order valence-corrected chi connectivity index (χ3v) is 3.50. The van der Waals surface area contributed by atoms with Gasteiger partial charge < -0.3 is 14.2 Å². The number of ether oxygens (including phenoxy) is 3. The molecule has 0 amide bonds. The van der Waals surface area contributed by atoms with Crippen molar-refractivity contribution in [3.05, 3.63) is 59.9 Å². The fourth-order valence-electron chi connectivity index (χ4n) is 2.15. The smallest absolute Gasteiger partial charge is 0.343 e. The molecule has 0 bridgehead atoms. The molecule has 0 spiro atoms. The van der Waals surface area contributed by atoms with Gasteiger partial charge in [0, 0.05) is 5.92 Å². The van der Waals surface area contributed by atoms with E-state index in [1.54, 1.807) is 24.3 Å². The molecule has 5 heteroatoms. The van der Waals surface area contributed by atoms with Gasteiger partial charge in [-0.2, -0.15) is 0 Å². The fourth-order valence-corrected chi connectivity index (χ4v) is 2.15. The lowest BCUT2D eigenvalue weighted by molar-refractivity contribution is -0.116. The van der Waals surface area contributed by atoms with Crippen LogP contribution in [-0.4, -0.2) is 18.9 Å². The first-order chi connectivity index (χ1) is 12.4. The molecule has 0 N–H and O–H groups in total. The van der Waals surface area contributed by atoms with E-state index < -0.39 is 18.1 Å². The van der Waals surface area contributed by atoms with Crippen molar-refractivity contribution in [3.8, 4) is 11.5 Å². The molecule has 0 heterocycles. The van der Waals surface area contributed by atoms with Crippen LogP contribution in [0.3, 0.4) is 0 Å². The number of halogens is 1. The Morgan fingerprint density at radius 3 is 2.35 bits per heavy atom. The molecule has 26 heavy (non-hydrogen) atoms. The van der Waals surface area contributed by atoms with Gasteiger partial charge in [0.25, 0.3) is 0 Å². The van der Waals surface area contributed by atoms with E-state index in [1.165, 1.54) is 18.2 Å². The van der Waals surface area contributed by atoms with Crippen LogP contribution in [0.25, 0.3) is 0 Å². The van der Waals surface area contributed by atoms with Crippen LogP contribution in [0.2, 0.25) is 0 Å². The predicted octanol–water partition coefficient (Wildman–Crippen LogP) is 5.08. The van der Waals surface area contributed by atoms with Crippen molar-refractivity contribution in [3.63, 3.8) is 0 Å². The van der Waals surface area contributed by atoms with E-state index in [1.807, 2.05) is 33.8 Å². The van der Waals surface area contributed by atoms with Crippen molar-refractivity contribution >= 4 is 5.97 Å². The Bertz CT molecular complexity index is 713. The zero-order valence-electron chi connectivity index (χ0n) is 15.6. The monoisotopic (exact) mass is 360 g/mol. The highest BCUT2D eigenvalue weighted by Gasteiger charge is 2.20. The van der Waals surface area contributed by atoms with Crippen molar-refractivity contribution in [1.29, 1.82) is 0 Å². The number of esters is 1. The summed E-state index contributed by atoms with van der Waals surface area (Å²) in [6.45, 7) is 8.41. The minimum absolute atomic E-state index is 0.0214. The fraction of sp³-hybridized carbons (Fsp3) is 0.381. The summed E-state index contributed by atoms with van der Waals surface area (Å²) in [5.74, 6) is -0.394. The van der Waals surface area contributed by atoms with Crippen molar-refractivity contribution in [2.24, 2.45) is 11.8 Å². The van der Waals surface area contributed by atoms with E-state index in [-0.39, 0.29) is 17.2 Å². The molecule has 0 aliphatic carbocycles. The van der Waals surface area contributed by atoms with E-state index in [2.05, 4.69) is 0 Å². The molecule has 0 aromatic heterocycles. The summed E-state index contributed by atoms with van der Waals surface area (Å²) in [5.41, 5.74) is 0.205. The summed E-state index contributed by atoms with van der Waals surface area (Å²) < 4.78 is 30.8. The van der Waals surface area contributed by atoms with Crippen molar-refractivity contribution in [2.45, 2.75) is 34.0 Å². The summed E-state index contributed by atoms with van der Waals surface area (Å²) in [6.07, 6.45) is -0.604. The van der Waals surface area contributed by atoms with Crippen LogP contribution in [0, 0.1) is 17.7 Å². The summed E-state index contributed by atoms with van der Waals surface area (Å²) >= 11 is 0. The number of hydrogen-bond acceptors (Lipinski definition) is 4. The maximum atomic E-state index is 14.1. The van der Waals surface area contributed by atoms with E-state index in [9.17, 15) is 9.18 Å². The Kier molecular flexibility index (Phi) is 7.16. The van der Waals surface area contributed by atoms with E-state index in [4.69, 9.17) is 14.2 Å². The second-order valence-electron chi connectivity index (χ2n) is 6.81. The highest BCUT2D eigenvalue weighted by molar-refractivity contribution is 5.91. The number of carbonyl (C=O) groups excluding carboxylic acids is 1. The van der Waals surface area contributed by atoms with Gasteiger partial charge in [0.2, 0.25) is 6.29 Å². The zero-order chi connectivity index (χ0) is 19.1. The Morgan fingerprint density at radius 1 is 1.04 bits per heavy atom. The van der Waals surface area contributed by atoms with Crippen LogP contribution in [0.5, 0.6) is 11.5 Å². The SMILES string of the molecule is CC(C)COC(Oc1cc(C(=O)Oc2ccccc2)ccc1F)C(C)C. The van der Waals surface area contributed by atoms with Crippen LogP contribution in [0.4, 0.5) is 4.39 Å². The summed E-state index contributed by atoms with van der Waals surface area (Å²) in [6, 6.07) is 12.6. The van der Waals surface area contributed by atoms with Crippen LogP contribution < -0.4 is 9.47 Å². The lowest BCUT2D eigenvalue weighted by atomic mass is 10.2. The topological polar surface area (TPSA) is 44.8 Å². The first kappa shape index (κ1) is 19.9. The van der Waals surface area contributed by atoms with Gasteiger partial charge in [-0.1, -0.05) is 45.9 Å². The quantitative estimate of drug-likeness (QED) is 0.374. The normalized spacial score (nSPS) is 12.3. The van der Waals surface area contributed by atoms with Crippen molar-refractivity contribution in [1.82, 2.24) is 0 Å². The van der Waals surface area contributed by atoms with Crippen molar-refractivity contribution in [2.75, 3.05) is 6.61 Å². The maximum Gasteiger partial charge on any atom is 0.343 e. The van der Waals surface area contributed by atoms with Gasteiger partial charge >= 0.3 is 5.97 Å². The second kappa shape index (κ2) is 9.34. The molecule has 1 unspecified atom stereocenters. The first-order valence-electron chi connectivity index (χ1n) is 8.72. The number of rotatable bonds is 8. The molecule has 2 aromatic carbocycles. The minimum Gasteiger partial charge on any atom is -0.462 e. The number of benzene rings is 2. The Labute approximate surface area is 153 Å². The van der Waals surface area contributed by atoms with Gasteiger partial charge in [0.1, 0.15) is 5.75 Å². The molecule has 0 aliphatic rings. The summed E-state index contributed by atoms with van der Waals surface area (Å²) in [7, 11) is 0. The molecule has 2 aromatic rings. The zero-order valence-corrected chi connectivity index (χ0v) is 15.6. The molecule has 0 radical (unpaired) electrons. The van der Waals surface area contributed by atoms with Gasteiger partial charge in [-0.15, -0.1) is 0 Å². The van der Waals surface area contributed by atoms with Crippen LogP contribution in [0.15, 0.2) is 48.5 Å². The summed E-state index contributed by atoms with van der Waals surface area (Å²) in [5, 5.41) is 0. The summed E-state index contributed by atoms with van der Waals surface area (Å²) in [4.78, 5) is 12.3. The van der Waals surface area contributed by atoms with Crippen LogP contribution in [0.1, 0.15) is 38.1 Å². The molecule has 4 nitrogen and oxygen atoms in total. The third-order valence-electron chi connectivity index (χ3n) is 3.50. The molecule has 1 atom stereocenters. The number of hydrogen-bond donors (Lipinski definition) is 0. The van der Waals surface area contributed by atoms with Crippen molar-refractivity contribution < 1.29 is 23.4 Å². The lowest BCUT2D eigenvalue weighted by Crippen LogP contribution is -2.28. The van der Waals surface area contributed by atoms with Crippen LogP contribution in [-0.2, 0) is 4.74 Å². The van der Waals surface area contributed by atoms with Gasteiger partial charge in [-0.3, -0.25) is 0 Å². The van der Waals surface area contributed by atoms with Gasteiger partial charge in [0.15, 0.2) is 11.6 Å². The predicted molar refractivity (Wildman–Crippen MR) is 97.8 cm³/mol. The lowest BCUT2D eigenvalue weighted by Gasteiger charge is -2.24. The average molecular weight is 360 g/mol. The number of carbonyl (C=O) groups is 1. The van der Waals surface area contributed by atoms with E-state index in [0.717, 1.165) is 0 Å². The van der Waals surface area contributed by atoms with Crippen LogP contribution >= 0.6 is 0 Å². The Hall–Kier alpha value is -2.40. The molecular weight excluding hydrogens is 335 g/mol. The molecule has 0 saturated carbocycles. The first-order valence-corrected chi connectivity index (χ1v) is 8.72. The van der Waals surface area contributed by atoms with E-state index in [0.29, 0.717) is 18.3 Å². The van der Waals surface area contributed by atoms with Gasteiger partial charge in [-0.25, -0.2) is 9.18 Å². The van der Waals surface area contributed by atoms with Gasteiger partial charge in [-0.05, 0) is 36.2 Å². The molecule has 0 saturated heterocycles. The third kappa shape index (κ3) is 5.85.